The summed E-state index contributed by atoms with van der Waals surface area (Å²) in [7, 11) is 0. The number of rotatable bonds is 9. The number of hydrogen-bond donors (Lipinski definition) is 2. The molecule has 1 aliphatic rings. The average molecular weight is 540 g/mol. The van der Waals surface area contributed by atoms with Gasteiger partial charge in [-0.15, -0.1) is 34.2 Å². The lowest BCUT2D eigenvalue weighted by atomic mass is 10.1. The molecule has 31 heavy (non-hydrogen) atoms. The quantitative estimate of drug-likeness (QED) is 0.218. The summed E-state index contributed by atoms with van der Waals surface area (Å²) >= 11 is 0. The van der Waals surface area contributed by atoms with Crippen LogP contribution in [0.25, 0.3) is 0 Å². The molecule has 2 heterocycles. The van der Waals surface area contributed by atoms with Crippen molar-refractivity contribution in [3.05, 3.63) is 41.0 Å². The molecule has 0 radical (unpaired) electrons. The van der Waals surface area contributed by atoms with Crippen LogP contribution in [0, 0.1) is 6.92 Å². The molecule has 0 atom stereocenters. The third kappa shape index (κ3) is 7.66. The first-order valence-electron chi connectivity index (χ1n) is 11.4. The van der Waals surface area contributed by atoms with Gasteiger partial charge in [-0.3, -0.25) is 0 Å². The van der Waals surface area contributed by atoms with Crippen LogP contribution >= 0.6 is 24.0 Å². The number of aliphatic imine (C=N–C) groups is 1. The molecule has 0 fully saturated rings. The van der Waals surface area contributed by atoms with Crippen LogP contribution in [0.4, 0.5) is 0 Å². The third-order valence-electron chi connectivity index (χ3n) is 5.33. The molecule has 0 saturated carbocycles. The van der Waals surface area contributed by atoms with E-state index in [4.69, 9.17) is 9.73 Å². The number of nitrogens with one attached hydrogen (secondary N) is 2. The van der Waals surface area contributed by atoms with Crippen LogP contribution in [-0.2, 0) is 25.9 Å². The molecule has 3 rings (SSSR count). The fourth-order valence-electron chi connectivity index (χ4n) is 3.77. The van der Waals surface area contributed by atoms with Crippen LogP contribution in [0.15, 0.2) is 23.2 Å². The first-order chi connectivity index (χ1) is 14.7. The summed E-state index contributed by atoms with van der Waals surface area (Å²) in [6.45, 7) is 10.2. The first-order valence-corrected chi connectivity index (χ1v) is 11.4. The standard InChI is InChI=1S/C23H36N6O.HI/c1-4-24-23(26-17-19-13-12-18(3)16-20(19)30-5-2)25-14-9-11-22-28-27-21-10-7-6-8-15-29(21)22;/h12-13,16H,4-11,14-15,17H2,1-3H3,(H2,24,25,26);1H. The van der Waals surface area contributed by atoms with Crippen LogP contribution in [0.1, 0.15) is 62.3 Å². The van der Waals surface area contributed by atoms with E-state index in [0.717, 1.165) is 67.8 Å². The fraction of sp³-hybridized carbons (Fsp3) is 0.609. The van der Waals surface area contributed by atoms with Crippen LogP contribution in [0.3, 0.4) is 0 Å². The summed E-state index contributed by atoms with van der Waals surface area (Å²) in [5.41, 5.74) is 2.30. The molecule has 0 saturated heterocycles. The monoisotopic (exact) mass is 540 g/mol. The normalized spacial score (nSPS) is 13.7. The van der Waals surface area contributed by atoms with Crippen molar-refractivity contribution in [3.8, 4) is 5.75 Å². The highest BCUT2D eigenvalue weighted by atomic mass is 127. The molecule has 1 aromatic heterocycles. The molecule has 172 valence electrons. The zero-order valence-electron chi connectivity index (χ0n) is 19.1. The van der Waals surface area contributed by atoms with Gasteiger partial charge in [0, 0.05) is 38.0 Å². The lowest BCUT2D eigenvalue weighted by Crippen LogP contribution is -2.38. The molecule has 8 heteroatoms. The van der Waals surface area contributed by atoms with Gasteiger partial charge in [-0.25, -0.2) is 4.99 Å². The Kier molecular flexibility index (Phi) is 11.1. The van der Waals surface area contributed by atoms with Crippen LogP contribution in [-0.4, -0.2) is 40.4 Å². The Morgan fingerprint density at radius 2 is 2.03 bits per heavy atom. The largest absolute Gasteiger partial charge is 0.494 e. The maximum Gasteiger partial charge on any atom is 0.191 e. The highest BCUT2D eigenvalue weighted by Gasteiger charge is 2.14. The zero-order chi connectivity index (χ0) is 21.2. The van der Waals surface area contributed by atoms with Crippen molar-refractivity contribution in [2.75, 3.05) is 19.7 Å². The molecular weight excluding hydrogens is 503 g/mol. The van der Waals surface area contributed by atoms with Gasteiger partial charge in [0.1, 0.15) is 17.4 Å². The van der Waals surface area contributed by atoms with Gasteiger partial charge in [-0.05, 0) is 51.7 Å². The maximum atomic E-state index is 5.78. The van der Waals surface area contributed by atoms with Crippen molar-refractivity contribution in [1.82, 2.24) is 25.4 Å². The van der Waals surface area contributed by atoms with E-state index in [-0.39, 0.29) is 24.0 Å². The molecule has 1 aromatic carbocycles. The first kappa shape index (κ1) is 25.4. The minimum Gasteiger partial charge on any atom is -0.494 e. The van der Waals surface area contributed by atoms with Gasteiger partial charge >= 0.3 is 0 Å². The average Bonchev–Trinajstić information content (AvgIpc) is 2.96. The molecule has 2 aromatic rings. The summed E-state index contributed by atoms with van der Waals surface area (Å²) < 4.78 is 8.11. The Morgan fingerprint density at radius 3 is 2.84 bits per heavy atom. The Balaban J connectivity index is 0.00000341. The van der Waals surface area contributed by atoms with E-state index in [2.05, 4.69) is 57.4 Å². The lowest BCUT2D eigenvalue weighted by molar-refractivity contribution is 0.336. The Morgan fingerprint density at radius 1 is 1.16 bits per heavy atom. The third-order valence-corrected chi connectivity index (χ3v) is 5.33. The number of halogens is 1. The molecule has 7 nitrogen and oxygen atoms in total. The van der Waals surface area contributed by atoms with Crippen molar-refractivity contribution in [2.45, 2.75) is 72.4 Å². The predicted molar refractivity (Wildman–Crippen MR) is 136 cm³/mol. The van der Waals surface area contributed by atoms with Crippen molar-refractivity contribution >= 4 is 29.9 Å². The molecule has 0 aliphatic carbocycles. The van der Waals surface area contributed by atoms with E-state index < -0.39 is 0 Å². The number of guanidine groups is 1. The van der Waals surface area contributed by atoms with E-state index >= 15 is 0 Å². The van der Waals surface area contributed by atoms with Gasteiger partial charge in [-0.2, -0.15) is 0 Å². The molecule has 0 unspecified atom stereocenters. The van der Waals surface area contributed by atoms with Crippen LogP contribution in [0.2, 0.25) is 0 Å². The topological polar surface area (TPSA) is 76.4 Å². The molecule has 0 spiro atoms. The van der Waals surface area contributed by atoms with Gasteiger partial charge in [0.2, 0.25) is 0 Å². The smallest absolute Gasteiger partial charge is 0.191 e. The molecule has 2 N–H and O–H groups in total. The minimum atomic E-state index is 0. The highest BCUT2D eigenvalue weighted by Crippen LogP contribution is 2.21. The number of ether oxygens (including phenoxy) is 1. The fourth-order valence-corrected chi connectivity index (χ4v) is 3.77. The predicted octanol–water partition coefficient (Wildman–Crippen LogP) is 4.02. The van der Waals surface area contributed by atoms with E-state index in [0.29, 0.717) is 13.2 Å². The molecule has 0 amide bonds. The number of fused-ring (bicyclic) bond motifs is 1. The number of benzene rings is 1. The van der Waals surface area contributed by atoms with Crippen molar-refractivity contribution in [3.63, 3.8) is 0 Å². The molecule has 0 bridgehead atoms. The summed E-state index contributed by atoms with van der Waals surface area (Å²) in [6, 6.07) is 6.29. The van der Waals surface area contributed by atoms with Gasteiger partial charge in [0.05, 0.1) is 13.2 Å². The van der Waals surface area contributed by atoms with Crippen molar-refractivity contribution < 1.29 is 4.74 Å². The van der Waals surface area contributed by atoms with Gasteiger partial charge in [-0.1, -0.05) is 18.6 Å². The SMILES string of the molecule is CCNC(=NCc1ccc(C)cc1OCC)NCCCc1nnc2n1CCCCC2.I. The summed E-state index contributed by atoms with van der Waals surface area (Å²) in [4.78, 5) is 4.75. The second-order valence-electron chi connectivity index (χ2n) is 7.76. The Hall–Kier alpha value is -1.84. The van der Waals surface area contributed by atoms with Crippen LogP contribution in [0.5, 0.6) is 5.75 Å². The number of hydrogen-bond acceptors (Lipinski definition) is 4. The van der Waals surface area contributed by atoms with E-state index in [1.807, 2.05) is 6.92 Å². The Labute approximate surface area is 203 Å². The number of aromatic nitrogens is 3. The maximum absolute atomic E-state index is 5.78. The van der Waals surface area contributed by atoms with Gasteiger partial charge in [0.25, 0.3) is 0 Å². The second kappa shape index (κ2) is 13.5. The minimum absolute atomic E-state index is 0. The van der Waals surface area contributed by atoms with E-state index in [9.17, 15) is 0 Å². The van der Waals surface area contributed by atoms with Gasteiger partial charge < -0.3 is 19.9 Å². The molecule has 1 aliphatic heterocycles. The highest BCUT2D eigenvalue weighted by molar-refractivity contribution is 14.0. The summed E-state index contributed by atoms with van der Waals surface area (Å²) in [5, 5.41) is 15.6. The van der Waals surface area contributed by atoms with E-state index in [1.165, 1.54) is 24.8 Å². The number of aryl methyl sites for hydroxylation is 3. The summed E-state index contributed by atoms with van der Waals surface area (Å²) in [5.74, 6) is 4.04. The van der Waals surface area contributed by atoms with Crippen LogP contribution < -0.4 is 15.4 Å². The lowest BCUT2D eigenvalue weighted by Gasteiger charge is -2.13. The van der Waals surface area contributed by atoms with Gasteiger partial charge in [0.15, 0.2) is 5.96 Å². The Bertz CT molecular complexity index is 835. The number of nitrogens with zero attached hydrogens (tertiary/aromatic N) is 4. The second-order valence-corrected chi connectivity index (χ2v) is 7.76. The van der Waals surface area contributed by atoms with Crippen molar-refractivity contribution in [1.29, 1.82) is 0 Å². The molecular formula is C23H37IN6O. The van der Waals surface area contributed by atoms with E-state index in [1.54, 1.807) is 0 Å². The summed E-state index contributed by atoms with van der Waals surface area (Å²) in [6.07, 6.45) is 6.75. The zero-order valence-corrected chi connectivity index (χ0v) is 21.4. The van der Waals surface area contributed by atoms with Crippen molar-refractivity contribution in [2.24, 2.45) is 4.99 Å².